The number of hydrogen-bond donors (Lipinski definition) is 2. The molecule has 0 spiro atoms. The van der Waals surface area contributed by atoms with E-state index in [-0.39, 0.29) is 17.9 Å². The van der Waals surface area contributed by atoms with Crippen LogP contribution in [0.15, 0.2) is 42.7 Å². The molecule has 10 heteroatoms. The van der Waals surface area contributed by atoms with Crippen molar-refractivity contribution in [1.82, 2.24) is 20.1 Å². The van der Waals surface area contributed by atoms with Crippen LogP contribution in [0.5, 0.6) is 0 Å². The van der Waals surface area contributed by atoms with Crippen molar-refractivity contribution in [1.29, 1.82) is 0 Å². The average molecular weight is 481 g/mol. The number of anilines is 2. The highest BCUT2D eigenvalue weighted by Crippen LogP contribution is 2.29. The van der Waals surface area contributed by atoms with Crippen LogP contribution in [0.1, 0.15) is 33.6 Å². The molecule has 0 atom stereocenters. The van der Waals surface area contributed by atoms with Gasteiger partial charge in [-0.15, -0.1) is 0 Å². The SMILES string of the molecule is COC(=O)N1CCCN(c2ccc(C(=O)N3CCCNCC3)cc2NC(=O)c2ccncc2)CC1. The van der Waals surface area contributed by atoms with Gasteiger partial charge in [0.15, 0.2) is 0 Å². The van der Waals surface area contributed by atoms with Gasteiger partial charge in [0.2, 0.25) is 0 Å². The summed E-state index contributed by atoms with van der Waals surface area (Å²) in [6.45, 7) is 5.40. The summed E-state index contributed by atoms with van der Waals surface area (Å²) in [5.41, 5.74) is 2.39. The molecule has 10 nitrogen and oxygen atoms in total. The Balaban J connectivity index is 1.61. The maximum absolute atomic E-state index is 13.3. The molecule has 2 aliphatic rings. The summed E-state index contributed by atoms with van der Waals surface area (Å²) >= 11 is 0. The molecule has 35 heavy (non-hydrogen) atoms. The fourth-order valence-corrected chi connectivity index (χ4v) is 4.44. The van der Waals surface area contributed by atoms with E-state index in [4.69, 9.17) is 4.74 Å². The van der Waals surface area contributed by atoms with E-state index in [0.717, 1.165) is 31.6 Å². The summed E-state index contributed by atoms with van der Waals surface area (Å²) in [5.74, 6) is -0.323. The molecule has 186 valence electrons. The number of carbonyl (C=O) groups is 3. The quantitative estimate of drug-likeness (QED) is 0.690. The van der Waals surface area contributed by atoms with Crippen LogP contribution in [0.3, 0.4) is 0 Å². The van der Waals surface area contributed by atoms with Gasteiger partial charge in [-0.2, -0.15) is 0 Å². The van der Waals surface area contributed by atoms with Gasteiger partial charge >= 0.3 is 6.09 Å². The van der Waals surface area contributed by atoms with Crippen LogP contribution < -0.4 is 15.5 Å². The van der Waals surface area contributed by atoms with Crippen molar-refractivity contribution in [2.75, 3.05) is 69.7 Å². The number of nitrogens with zero attached hydrogens (tertiary/aromatic N) is 4. The zero-order chi connectivity index (χ0) is 24.6. The average Bonchev–Trinajstić information content (AvgIpc) is 3.32. The molecule has 0 bridgehead atoms. The number of ether oxygens (including phenoxy) is 1. The molecule has 4 rings (SSSR count). The fraction of sp³-hybridized carbons (Fsp3) is 0.440. The number of carbonyl (C=O) groups excluding carboxylic acids is 3. The van der Waals surface area contributed by atoms with Crippen LogP contribution in [0.2, 0.25) is 0 Å². The number of amides is 3. The van der Waals surface area contributed by atoms with Crippen molar-refractivity contribution in [3.63, 3.8) is 0 Å². The Morgan fingerprint density at radius 1 is 0.886 bits per heavy atom. The minimum atomic E-state index is -0.342. The van der Waals surface area contributed by atoms with Gasteiger partial charge in [-0.1, -0.05) is 0 Å². The molecule has 2 aliphatic heterocycles. The first-order chi connectivity index (χ1) is 17.1. The highest BCUT2D eigenvalue weighted by atomic mass is 16.5. The smallest absolute Gasteiger partial charge is 0.409 e. The highest BCUT2D eigenvalue weighted by molar-refractivity contribution is 6.07. The topological polar surface area (TPSA) is 107 Å². The summed E-state index contributed by atoms with van der Waals surface area (Å²) in [6, 6.07) is 8.77. The van der Waals surface area contributed by atoms with Gasteiger partial charge in [0.05, 0.1) is 18.5 Å². The second-order valence-electron chi connectivity index (χ2n) is 8.62. The van der Waals surface area contributed by atoms with Crippen LogP contribution in [0, 0.1) is 0 Å². The second kappa shape index (κ2) is 11.7. The van der Waals surface area contributed by atoms with Crippen LogP contribution in [-0.2, 0) is 4.74 Å². The van der Waals surface area contributed by atoms with E-state index < -0.39 is 0 Å². The lowest BCUT2D eigenvalue weighted by molar-refractivity contribution is 0.0766. The van der Waals surface area contributed by atoms with E-state index in [1.54, 1.807) is 35.5 Å². The molecular weight excluding hydrogens is 448 g/mol. The lowest BCUT2D eigenvalue weighted by Crippen LogP contribution is -2.35. The molecule has 0 saturated carbocycles. The zero-order valence-electron chi connectivity index (χ0n) is 20.0. The minimum Gasteiger partial charge on any atom is -0.453 e. The predicted octanol–water partition coefficient (Wildman–Crippen LogP) is 2.05. The summed E-state index contributed by atoms with van der Waals surface area (Å²) < 4.78 is 4.88. The number of benzene rings is 1. The number of nitrogens with one attached hydrogen (secondary N) is 2. The first kappa shape index (κ1) is 24.5. The van der Waals surface area contributed by atoms with Gasteiger partial charge in [-0.05, 0) is 49.7 Å². The van der Waals surface area contributed by atoms with E-state index in [2.05, 4.69) is 20.5 Å². The monoisotopic (exact) mass is 480 g/mol. The van der Waals surface area contributed by atoms with Crippen LogP contribution in [0.25, 0.3) is 0 Å². The van der Waals surface area contributed by atoms with E-state index in [1.165, 1.54) is 7.11 Å². The molecule has 1 aromatic heterocycles. The molecule has 2 aromatic rings. The van der Waals surface area contributed by atoms with Crippen molar-refractivity contribution in [3.05, 3.63) is 53.9 Å². The third-order valence-corrected chi connectivity index (χ3v) is 6.33. The molecule has 0 radical (unpaired) electrons. The first-order valence-electron chi connectivity index (χ1n) is 12.0. The number of hydrogen-bond acceptors (Lipinski definition) is 7. The molecule has 3 heterocycles. The fourth-order valence-electron chi connectivity index (χ4n) is 4.44. The van der Waals surface area contributed by atoms with Crippen LogP contribution >= 0.6 is 0 Å². The molecule has 0 aliphatic carbocycles. The molecule has 3 amide bonds. The Labute approximate surface area is 205 Å². The zero-order valence-corrected chi connectivity index (χ0v) is 20.0. The largest absolute Gasteiger partial charge is 0.453 e. The Kier molecular flexibility index (Phi) is 8.15. The lowest BCUT2D eigenvalue weighted by atomic mass is 10.1. The first-order valence-corrected chi connectivity index (χ1v) is 12.0. The van der Waals surface area contributed by atoms with Gasteiger partial charge in [0, 0.05) is 69.3 Å². The highest BCUT2D eigenvalue weighted by Gasteiger charge is 2.24. The number of methoxy groups -OCH3 is 1. The third-order valence-electron chi connectivity index (χ3n) is 6.33. The van der Waals surface area contributed by atoms with Crippen LogP contribution in [0.4, 0.5) is 16.2 Å². The summed E-state index contributed by atoms with van der Waals surface area (Å²) in [4.78, 5) is 47.9. The number of aromatic nitrogens is 1. The summed E-state index contributed by atoms with van der Waals surface area (Å²) in [7, 11) is 1.38. The van der Waals surface area contributed by atoms with Crippen molar-refractivity contribution in [2.45, 2.75) is 12.8 Å². The number of rotatable bonds is 4. The standard InChI is InChI=1S/C25H32N6O4/c1-35-25(34)31-14-3-13-29(16-17-31)22-5-4-20(24(33)30-12-2-8-26-11-15-30)18-21(22)28-23(32)19-6-9-27-10-7-19/h4-7,9-10,18,26H,2-3,8,11-17H2,1H3,(H,28,32). The molecule has 2 saturated heterocycles. The lowest BCUT2D eigenvalue weighted by Gasteiger charge is -2.27. The van der Waals surface area contributed by atoms with Crippen molar-refractivity contribution < 1.29 is 19.1 Å². The van der Waals surface area contributed by atoms with E-state index in [1.807, 2.05) is 17.0 Å². The third kappa shape index (κ3) is 6.07. The van der Waals surface area contributed by atoms with Gasteiger partial charge in [0.25, 0.3) is 11.8 Å². The molecule has 0 unspecified atom stereocenters. The van der Waals surface area contributed by atoms with Gasteiger partial charge in [-0.25, -0.2) is 4.79 Å². The minimum absolute atomic E-state index is 0.0487. The molecule has 2 N–H and O–H groups in total. The van der Waals surface area contributed by atoms with Crippen molar-refractivity contribution >= 4 is 29.3 Å². The van der Waals surface area contributed by atoms with Crippen molar-refractivity contribution in [2.24, 2.45) is 0 Å². The van der Waals surface area contributed by atoms with Gasteiger partial charge in [0.1, 0.15) is 0 Å². The van der Waals surface area contributed by atoms with Crippen molar-refractivity contribution in [3.8, 4) is 0 Å². The molecular formula is C25H32N6O4. The predicted molar refractivity (Wildman–Crippen MR) is 133 cm³/mol. The Morgan fingerprint density at radius 3 is 2.49 bits per heavy atom. The maximum atomic E-state index is 13.3. The summed E-state index contributed by atoms with van der Waals surface area (Å²) in [6.07, 6.45) is 4.46. The van der Waals surface area contributed by atoms with Gasteiger partial charge in [-0.3, -0.25) is 14.6 Å². The molecule has 2 fully saturated rings. The van der Waals surface area contributed by atoms with E-state index in [9.17, 15) is 14.4 Å². The van der Waals surface area contributed by atoms with Crippen LogP contribution in [-0.4, -0.2) is 92.2 Å². The second-order valence-corrected chi connectivity index (χ2v) is 8.62. The molecule has 1 aromatic carbocycles. The Hall–Kier alpha value is -3.66. The van der Waals surface area contributed by atoms with E-state index >= 15 is 0 Å². The Morgan fingerprint density at radius 2 is 1.69 bits per heavy atom. The van der Waals surface area contributed by atoms with E-state index in [0.29, 0.717) is 56.1 Å². The summed E-state index contributed by atoms with van der Waals surface area (Å²) in [5, 5.41) is 6.32. The van der Waals surface area contributed by atoms with Gasteiger partial charge < -0.3 is 30.1 Å². The Bertz CT molecular complexity index is 1040. The maximum Gasteiger partial charge on any atom is 0.409 e. The number of pyridine rings is 1. The normalized spacial score (nSPS) is 16.8.